The lowest BCUT2D eigenvalue weighted by molar-refractivity contribution is 0.255. The van der Waals surface area contributed by atoms with Crippen LogP contribution in [-0.4, -0.2) is 13.1 Å². The zero-order chi connectivity index (χ0) is 11.2. The van der Waals surface area contributed by atoms with Crippen LogP contribution in [0.2, 0.25) is 0 Å². The SMILES string of the molecule is [2H]C=C(C)CNCC(C[2H])C(C)(C)C. The molecule has 0 spiro atoms. The van der Waals surface area contributed by atoms with E-state index in [1.165, 1.54) is 6.55 Å². The summed E-state index contributed by atoms with van der Waals surface area (Å²) in [6.45, 7) is 11.9. The molecular formula is C11H23N. The van der Waals surface area contributed by atoms with Crippen molar-refractivity contribution in [3.8, 4) is 0 Å². The van der Waals surface area contributed by atoms with E-state index in [0.717, 1.165) is 18.7 Å². The van der Waals surface area contributed by atoms with Crippen LogP contribution in [0.25, 0.3) is 0 Å². The van der Waals surface area contributed by atoms with E-state index < -0.39 is 0 Å². The van der Waals surface area contributed by atoms with Gasteiger partial charge in [0.25, 0.3) is 0 Å². The summed E-state index contributed by atoms with van der Waals surface area (Å²) >= 11 is 0. The second kappa shape index (κ2) is 4.66. The summed E-state index contributed by atoms with van der Waals surface area (Å²) in [7, 11) is 0. The van der Waals surface area contributed by atoms with E-state index in [9.17, 15) is 0 Å². The molecule has 0 fully saturated rings. The maximum atomic E-state index is 7.45. The second-order valence-electron chi connectivity index (χ2n) is 4.54. The van der Waals surface area contributed by atoms with Gasteiger partial charge in [-0.15, -0.1) is 0 Å². The Morgan fingerprint density at radius 1 is 1.67 bits per heavy atom. The van der Waals surface area contributed by atoms with Gasteiger partial charge in [-0.2, -0.15) is 0 Å². The van der Waals surface area contributed by atoms with Crippen molar-refractivity contribution in [3.63, 3.8) is 0 Å². The third kappa shape index (κ3) is 5.36. The quantitative estimate of drug-likeness (QED) is 0.641. The Morgan fingerprint density at radius 2 is 2.33 bits per heavy atom. The van der Waals surface area contributed by atoms with Crippen LogP contribution < -0.4 is 5.32 Å². The van der Waals surface area contributed by atoms with Crippen molar-refractivity contribution in [3.05, 3.63) is 12.1 Å². The number of nitrogens with one attached hydrogen (secondary N) is 1. The van der Waals surface area contributed by atoms with Gasteiger partial charge < -0.3 is 5.32 Å². The van der Waals surface area contributed by atoms with Gasteiger partial charge in [0.2, 0.25) is 0 Å². The molecular weight excluding hydrogens is 146 g/mol. The predicted molar refractivity (Wildman–Crippen MR) is 56.3 cm³/mol. The first kappa shape index (κ1) is 8.31. The molecule has 12 heavy (non-hydrogen) atoms. The summed E-state index contributed by atoms with van der Waals surface area (Å²) < 4.78 is 14.5. The van der Waals surface area contributed by atoms with E-state index in [2.05, 4.69) is 26.1 Å². The van der Waals surface area contributed by atoms with Crippen molar-refractivity contribution in [2.75, 3.05) is 13.1 Å². The molecule has 0 aromatic carbocycles. The molecule has 0 radical (unpaired) electrons. The fraction of sp³-hybridized carbons (Fsp3) is 0.818. The minimum Gasteiger partial charge on any atom is -0.313 e. The fourth-order valence-corrected chi connectivity index (χ4v) is 0.750. The molecule has 1 unspecified atom stereocenters. The van der Waals surface area contributed by atoms with E-state index in [4.69, 9.17) is 2.74 Å². The van der Waals surface area contributed by atoms with Crippen LogP contribution in [0.4, 0.5) is 0 Å². The van der Waals surface area contributed by atoms with Gasteiger partial charge in [0.1, 0.15) is 0 Å². The van der Waals surface area contributed by atoms with Crippen LogP contribution in [-0.2, 0) is 0 Å². The van der Waals surface area contributed by atoms with Crippen LogP contribution in [0.3, 0.4) is 0 Å². The first-order valence-electron chi connectivity index (χ1n) is 5.74. The number of rotatable bonds is 4. The topological polar surface area (TPSA) is 12.0 Å². The van der Waals surface area contributed by atoms with Gasteiger partial charge in [-0.25, -0.2) is 0 Å². The summed E-state index contributed by atoms with van der Waals surface area (Å²) in [6, 6.07) is 0. The van der Waals surface area contributed by atoms with Crippen LogP contribution in [0, 0.1) is 11.3 Å². The molecule has 0 rings (SSSR count). The summed E-state index contributed by atoms with van der Waals surface area (Å²) in [5.74, 6) is 0.376. The van der Waals surface area contributed by atoms with Gasteiger partial charge in [0, 0.05) is 7.92 Å². The molecule has 1 atom stereocenters. The number of hydrogen-bond donors (Lipinski definition) is 1. The average molecular weight is 171 g/mol. The van der Waals surface area contributed by atoms with Crippen molar-refractivity contribution < 1.29 is 2.74 Å². The van der Waals surface area contributed by atoms with Gasteiger partial charge >= 0.3 is 0 Å². The third-order valence-corrected chi connectivity index (χ3v) is 2.02. The van der Waals surface area contributed by atoms with Crippen LogP contribution in [0.5, 0.6) is 0 Å². The standard InChI is InChI=1S/C11H23N/c1-9(2)7-12-8-10(3)11(4,5)6/h10,12H,1,7-8H2,2-6H3/i1D,3D. The lowest BCUT2D eigenvalue weighted by atomic mass is 9.82. The molecule has 1 nitrogen and oxygen atoms in total. The van der Waals surface area contributed by atoms with Gasteiger partial charge in [-0.05, 0) is 24.8 Å². The Kier molecular flexibility index (Phi) is 3.22. The molecule has 0 heterocycles. The van der Waals surface area contributed by atoms with Gasteiger partial charge in [-0.3, -0.25) is 0 Å². The highest BCUT2D eigenvalue weighted by atomic mass is 14.9. The Balaban J connectivity index is 3.86. The lowest BCUT2D eigenvalue weighted by Crippen LogP contribution is -2.30. The van der Waals surface area contributed by atoms with Gasteiger partial charge in [0.15, 0.2) is 0 Å². The molecule has 0 aromatic rings. The molecule has 1 heteroatoms. The molecule has 72 valence electrons. The van der Waals surface area contributed by atoms with Crippen molar-refractivity contribution in [1.29, 1.82) is 0 Å². The maximum Gasteiger partial charge on any atom is 0.0538 e. The smallest absolute Gasteiger partial charge is 0.0538 e. The number of hydrogen-bond acceptors (Lipinski definition) is 1. The lowest BCUT2D eigenvalue weighted by Gasteiger charge is -2.27. The Morgan fingerprint density at radius 3 is 2.75 bits per heavy atom. The Labute approximate surface area is 80.1 Å². The van der Waals surface area contributed by atoms with Crippen LogP contribution in [0.15, 0.2) is 12.1 Å². The summed E-state index contributed by atoms with van der Waals surface area (Å²) in [5.41, 5.74) is 1.22. The highest BCUT2D eigenvalue weighted by molar-refractivity contribution is 4.90. The van der Waals surface area contributed by atoms with Gasteiger partial charge in [0.05, 0.1) is 1.37 Å². The zero-order valence-electron chi connectivity index (χ0n) is 10.8. The van der Waals surface area contributed by atoms with Crippen LogP contribution in [0.1, 0.15) is 37.3 Å². The summed E-state index contributed by atoms with van der Waals surface area (Å²) in [6.07, 6.45) is 0. The minimum atomic E-state index is 0.188. The molecule has 0 aliphatic heterocycles. The molecule has 0 bridgehead atoms. The Hall–Kier alpha value is -0.300. The van der Waals surface area contributed by atoms with Crippen molar-refractivity contribution in [1.82, 2.24) is 5.32 Å². The molecule has 0 saturated carbocycles. The van der Waals surface area contributed by atoms with Gasteiger partial charge in [-0.1, -0.05) is 39.8 Å². The highest BCUT2D eigenvalue weighted by Gasteiger charge is 2.18. The van der Waals surface area contributed by atoms with Crippen molar-refractivity contribution in [2.45, 2.75) is 34.6 Å². The molecule has 1 N–H and O–H groups in total. The van der Waals surface area contributed by atoms with Crippen molar-refractivity contribution in [2.24, 2.45) is 11.3 Å². The predicted octanol–water partition coefficient (Wildman–Crippen LogP) is 2.83. The van der Waals surface area contributed by atoms with E-state index >= 15 is 0 Å². The molecule has 0 aliphatic rings. The third-order valence-electron chi connectivity index (χ3n) is 2.02. The monoisotopic (exact) mass is 171 g/mol. The minimum absolute atomic E-state index is 0.188. The normalized spacial score (nSPS) is 18.5. The first-order chi connectivity index (χ1) is 6.41. The Bertz CT molecular complexity index is 182. The maximum absolute atomic E-state index is 7.45. The average Bonchev–Trinajstić information content (AvgIpc) is 2.09. The molecule has 0 saturated heterocycles. The summed E-state index contributed by atoms with van der Waals surface area (Å²) in [4.78, 5) is 0. The largest absolute Gasteiger partial charge is 0.313 e. The molecule has 0 aromatic heterocycles. The zero-order valence-corrected chi connectivity index (χ0v) is 8.78. The van der Waals surface area contributed by atoms with Crippen molar-refractivity contribution >= 4 is 0 Å². The second-order valence-corrected chi connectivity index (χ2v) is 4.54. The van der Waals surface area contributed by atoms with E-state index in [-0.39, 0.29) is 5.41 Å². The highest BCUT2D eigenvalue weighted by Crippen LogP contribution is 2.24. The van der Waals surface area contributed by atoms with Crippen LogP contribution >= 0.6 is 0 Å². The summed E-state index contributed by atoms with van der Waals surface area (Å²) in [5, 5.41) is 3.29. The first-order valence-corrected chi connectivity index (χ1v) is 4.45. The van der Waals surface area contributed by atoms with E-state index in [1.54, 1.807) is 0 Å². The van der Waals surface area contributed by atoms with E-state index in [1.807, 2.05) is 6.92 Å². The van der Waals surface area contributed by atoms with E-state index in [0.29, 0.717) is 12.8 Å². The fourth-order valence-electron chi connectivity index (χ4n) is 0.750. The molecule has 0 amide bonds. The molecule has 0 aliphatic carbocycles.